The van der Waals surface area contributed by atoms with Gasteiger partial charge in [-0.15, -0.1) is 6.58 Å². The molecule has 0 atom stereocenters. The molecule has 3 aromatic rings. The molecule has 0 saturated carbocycles. The Bertz CT molecular complexity index is 783. The van der Waals surface area contributed by atoms with Crippen LogP contribution in [0.5, 0.6) is 0 Å². The van der Waals surface area contributed by atoms with Crippen molar-refractivity contribution in [2.75, 3.05) is 11.4 Å². The molecule has 0 spiro atoms. The van der Waals surface area contributed by atoms with E-state index in [1.54, 1.807) is 0 Å². The number of anilines is 1. The predicted octanol–water partition coefficient (Wildman–Crippen LogP) is 5.34. The van der Waals surface area contributed by atoms with E-state index in [1.165, 1.54) is 27.6 Å². The van der Waals surface area contributed by atoms with E-state index in [2.05, 4.69) is 85.1 Å². The highest BCUT2D eigenvalue weighted by Crippen LogP contribution is 2.28. The summed E-state index contributed by atoms with van der Waals surface area (Å²) in [6, 6.07) is 23.7. The molecule has 0 N–H and O–H groups in total. The van der Waals surface area contributed by atoms with Gasteiger partial charge in [-0.3, -0.25) is 0 Å². The van der Waals surface area contributed by atoms with Gasteiger partial charge in [0.05, 0.1) is 0 Å². The van der Waals surface area contributed by atoms with E-state index in [-0.39, 0.29) is 0 Å². The molecule has 0 bridgehead atoms. The van der Waals surface area contributed by atoms with Gasteiger partial charge in [0.25, 0.3) is 0 Å². The Labute approximate surface area is 132 Å². The smallest absolute Gasteiger partial charge is 0.0451 e. The molecule has 110 valence electrons. The van der Waals surface area contributed by atoms with Crippen LogP contribution in [0.25, 0.3) is 10.8 Å². The third-order valence-electron chi connectivity index (χ3n) is 3.91. The molecule has 1 nitrogen and oxygen atoms in total. The second kappa shape index (κ2) is 6.48. The Morgan fingerprint density at radius 2 is 1.73 bits per heavy atom. The van der Waals surface area contributed by atoms with Crippen molar-refractivity contribution in [1.29, 1.82) is 0 Å². The summed E-state index contributed by atoms with van der Waals surface area (Å²) in [6.45, 7) is 7.79. The van der Waals surface area contributed by atoms with Gasteiger partial charge in [-0.05, 0) is 23.9 Å². The van der Waals surface area contributed by atoms with Crippen LogP contribution in [-0.2, 0) is 6.54 Å². The highest BCUT2D eigenvalue weighted by Gasteiger charge is 2.09. The van der Waals surface area contributed by atoms with Crippen molar-refractivity contribution in [3.63, 3.8) is 0 Å². The molecule has 1 heteroatoms. The lowest BCUT2D eigenvalue weighted by Crippen LogP contribution is -2.22. The minimum atomic E-state index is 0.835. The van der Waals surface area contributed by atoms with Crippen LogP contribution in [0.4, 0.5) is 5.69 Å². The van der Waals surface area contributed by atoms with E-state index in [1.807, 2.05) is 6.08 Å². The number of hydrogen-bond acceptors (Lipinski definition) is 1. The molecular formula is C21H21N. The van der Waals surface area contributed by atoms with Crippen LogP contribution in [0.1, 0.15) is 11.1 Å². The van der Waals surface area contributed by atoms with Crippen molar-refractivity contribution >= 4 is 16.5 Å². The molecule has 0 amide bonds. The Morgan fingerprint density at radius 3 is 2.55 bits per heavy atom. The monoisotopic (exact) mass is 287 g/mol. The third kappa shape index (κ3) is 3.04. The highest BCUT2D eigenvalue weighted by molar-refractivity contribution is 5.94. The van der Waals surface area contributed by atoms with Crippen LogP contribution in [0.2, 0.25) is 0 Å². The normalized spacial score (nSPS) is 10.6. The van der Waals surface area contributed by atoms with E-state index in [0.717, 1.165) is 13.1 Å². The maximum Gasteiger partial charge on any atom is 0.0451 e. The average molecular weight is 287 g/mol. The van der Waals surface area contributed by atoms with Gasteiger partial charge in [0.15, 0.2) is 0 Å². The summed E-state index contributed by atoms with van der Waals surface area (Å²) in [5, 5.41) is 2.57. The largest absolute Gasteiger partial charge is 0.363 e. The van der Waals surface area contributed by atoms with Crippen LogP contribution in [0, 0.1) is 6.92 Å². The zero-order chi connectivity index (χ0) is 15.4. The van der Waals surface area contributed by atoms with Gasteiger partial charge in [0, 0.05) is 24.2 Å². The zero-order valence-electron chi connectivity index (χ0n) is 13.0. The molecular weight excluding hydrogens is 266 g/mol. The number of hydrogen-bond donors (Lipinski definition) is 0. The van der Waals surface area contributed by atoms with Crippen LogP contribution < -0.4 is 4.90 Å². The van der Waals surface area contributed by atoms with Crippen molar-refractivity contribution in [3.8, 4) is 0 Å². The molecule has 3 rings (SSSR count). The first-order chi connectivity index (χ1) is 10.8. The van der Waals surface area contributed by atoms with Crippen LogP contribution in [0.15, 0.2) is 79.4 Å². The first-order valence-electron chi connectivity index (χ1n) is 7.67. The van der Waals surface area contributed by atoms with Gasteiger partial charge in [-0.1, -0.05) is 72.3 Å². The third-order valence-corrected chi connectivity index (χ3v) is 3.91. The van der Waals surface area contributed by atoms with Crippen molar-refractivity contribution in [1.82, 2.24) is 0 Å². The second-order valence-electron chi connectivity index (χ2n) is 5.66. The number of aryl methyl sites for hydroxylation is 1. The van der Waals surface area contributed by atoms with E-state index >= 15 is 0 Å². The van der Waals surface area contributed by atoms with Crippen LogP contribution in [-0.4, -0.2) is 6.54 Å². The molecule has 0 aliphatic carbocycles. The first kappa shape index (κ1) is 14.4. The molecule has 0 heterocycles. The summed E-state index contributed by atoms with van der Waals surface area (Å²) >= 11 is 0. The quantitative estimate of drug-likeness (QED) is 0.572. The zero-order valence-corrected chi connectivity index (χ0v) is 13.0. The lowest BCUT2D eigenvalue weighted by molar-refractivity contribution is 0.871. The molecule has 22 heavy (non-hydrogen) atoms. The Balaban J connectivity index is 2.01. The Morgan fingerprint density at radius 1 is 0.955 bits per heavy atom. The van der Waals surface area contributed by atoms with Gasteiger partial charge >= 0.3 is 0 Å². The van der Waals surface area contributed by atoms with Crippen molar-refractivity contribution in [3.05, 3.63) is 90.5 Å². The fourth-order valence-electron chi connectivity index (χ4n) is 2.92. The molecule has 0 aliphatic rings. The second-order valence-corrected chi connectivity index (χ2v) is 5.66. The summed E-state index contributed by atoms with van der Waals surface area (Å²) < 4.78 is 0. The maximum atomic E-state index is 3.92. The molecule has 0 aromatic heterocycles. The van der Waals surface area contributed by atoms with Gasteiger partial charge < -0.3 is 4.90 Å². The number of rotatable bonds is 5. The molecule has 0 fully saturated rings. The van der Waals surface area contributed by atoms with Gasteiger partial charge in [0.2, 0.25) is 0 Å². The maximum absolute atomic E-state index is 3.92. The number of fused-ring (bicyclic) bond motifs is 1. The summed E-state index contributed by atoms with van der Waals surface area (Å²) in [7, 11) is 0. The SMILES string of the molecule is C=CCN(Cc1cccc(C)c1)c1cccc2ccccc12. The van der Waals surface area contributed by atoms with Gasteiger partial charge in [0.1, 0.15) is 0 Å². The number of benzene rings is 3. The number of nitrogens with zero attached hydrogens (tertiary/aromatic N) is 1. The molecule has 0 saturated heterocycles. The van der Waals surface area contributed by atoms with Gasteiger partial charge in [-0.2, -0.15) is 0 Å². The highest BCUT2D eigenvalue weighted by atomic mass is 15.1. The van der Waals surface area contributed by atoms with E-state index in [0.29, 0.717) is 0 Å². The van der Waals surface area contributed by atoms with E-state index in [4.69, 9.17) is 0 Å². The Hall–Kier alpha value is -2.54. The molecule has 0 unspecified atom stereocenters. The molecule has 0 aliphatic heterocycles. The summed E-state index contributed by atoms with van der Waals surface area (Å²) in [5.74, 6) is 0. The topological polar surface area (TPSA) is 3.24 Å². The lowest BCUT2D eigenvalue weighted by Gasteiger charge is -2.25. The summed E-state index contributed by atoms with van der Waals surface area (Å²) in [6.07, 6.45) is 1.97. The molecule has 0 radical (unpaired) electrons. The van der Waals surface area contributed by atoms with Crippen molar-refractivity contribution in [2.45, 2.75) is 13.5 Å². The predicted molar refractivity (Wildman–Crippen MR) is 96.4 cm³/mol. The van der Waals surface area contributed by atoms with Gasteiger partial charge in [-0.25, -0.2) is 0 Å². The fourth-order valence-corrected chi connectivity index (χ4v) is 2.92. The molecule has 3 aromatic carbocycles. The summed E-state index contributed by atoms with van der Waals surface area (Å²) in [4.78, 5) is 2.38. The van der Waals surface area contributed by atoms with E-state index in [9.17, 15) is 0 Å². The minimum Gasteiger partial charge on any atom is -0.363 e. The van der Waals surface area contributed by atoms with E-state index < -0.39 is 0 Å². The van der Waals surface area contributed by atoms with Crippen molar-refractivity contribution in [2.24, 2.45) is 0 Å². The standard InChI is InChI=1S/C21H21N/c1-3-14-22(16-18-9-6-8-17(2)15-18)21-13-7-11-19-10-4-5-12-20(19)21/h3-13,15H,1,14,16H2,2H3. The summed E-state index contributed by atoms with van der Waals surface area (Å²) in [5.41, 5.74) is 3.89. The lowest BCUT2D eigenvalue weighted by atomic mass is 10.1. The average Bonchev–Trinajstić information content (AvgIpc) is 2.54. The minimum absolute atomic E-state index is 0.835. The van der Waals surface area contributed by atoms with Crippen molar-refractivity contribution < 1.29 is 0 Å². The Kier molecular flexibility index (Phi) is 4.24. The fraction of sp³-hybridized carbons (Fsp3) is 0.143. The van der Waals surface area contributed by atoms with Crippen LogP contribution in [0.3, 0.4) is 0 Å². The first-order valence-corrected chi connectivity index (χ1v) is 7.67. The van der Waals surface area contributed by atoms with Crippen LogP contribution >= 0.6 is 0 Å².